The molecule has 13 heteroatoms. The number of carboxylic acids is 1. The monoisotopic (exact) mass is 700 g/mol. The second-order valence-corrected chi connectivity index (χ2v) is 13.3. The zero-order chi connectivity index (χ0) is 34.6. The van der Waals surface area contributed by atoms with E-state index in [1.54, 1.807) is 24.4 Å². The zero-order valence-corrected chi connectivity index (χ0v) is 28.7. The Morgan fingerprint density at radius 1 is 1.02 bits per heavy atom. The molecule has 2 aliphatic rings. The highest BCUT2D eigenvalue weighted by atomic mass is 35.5. The van der Waals surface area contributed by atoms with Gasteiger partial charge in [-0.3, -0.25) is 19.0 Å². The van der Waals surface area contributed by atoms with Crippen LogP contribution in [0.4, 0.5) is 11.4 Å². The maximum Gasteiger partial charge on any atom is 0.308 e. The average molecular weight is 702 g/mol. The van der Waals surface area contributed by atoms with Crippen LogP contribution in [0.5, 0.6) is 5.75 Å². The van der Waals surface area contributed by atoms with Gasteiger partial charge in [-0.25, -0.2) is 4.98 Å². The molecule has 7 rings (SSSR count). The normalized spacial score (nSPS) is 16.2. The Morgan fingerprint density at radius 3 is 2.55 bits per heavy atom. The van der Waals surface area contributed by atoms with Gasteiger partial charge in [0.15, 0.2) is 5.82 Å². The van der Waals surface area contributed by atoms with Crippen LogP contribution in [0.2, 0.25) is 10.0 Å². The number of carbonyl (C=O) groups excluding carboxylic acids is 2. The SMILES string of the molecule is COc1cc(C(=O)n2ccc3c(-c4cccc(NC(=O)c5nc6c(n5C)CCN(C)C6)c4Cl)cccc32)c(Cl)cc1N1CCC(C(=O)O)C1. The molecule has 252 valence electrons. The van der Waals surface area contributed by atoms with E-state index in [4.69, 9.17) is 27.9 Å². The van der Waals surface area contributed by atoms with Gasteiger partial charge in [-0.1, -0.05) is 47.5 Å². The summed E-state index contributed by atoms with van der Waals surface area (Å²) in [6, 6.07) is 16.1. The van der Waals surface area contributed by atoms with Crippen LogP contribution >= 0.6 is 23.2 Å². The molecule has 1 atom stereocenters. The van der Waals surface area contributed by atoms with Crippen molar-refractivity contribution >= 4 is 63.3 Å². The van der Waals surface area contributed by atoms with Gasteiger partial charge >= 0.3 is 5.97 Å². The van der Waals surface area contributed by atoms with Crippen molar-refractivity contribution in [1.82, 2.24) is 19.0 Å². The third kappa shape index (κ3) is 5.81. The quantitative estimate of drug-likeness (QED) is 0.206. The van der Waals surface area contributed by atoms with Gasteiger partial charge in [0.2, 0.25) is 0 Å². The van der Waals surface area contributed by atoms with Crippen LogP contribution in [0.3, 0.4) is 0 Å². The number of anilines is 2. The Kier molecular flexibility index (Phi) is 8.60. The van der Waals surface area contributed by atoms with Crippen molar-refractivity contribution in [2.24, 2.45) is 13.0 Å². The van der Waals surface area contributed by atoms with E-state index in [9.17, 15) is 19.5 Å². The van der Waals surface area contributed by atoms with Gasteiger partial charge in [-0.15, -0.1) is 0 Å². The Balaban J connectivity index is 1.18. The molecular formula is C36H34Cl2N6O5. The molecule has 0 aliphatic carbocycles. The summed E-state index contributed by atoms with van der Waals surface area (Å²) in [6.07, 6.45) is 3.02. The molecule has 1 unspecified atom stereocenters. The maximum atomic E-state index is 14.0. The second-order valence-electron chi connectivity index (χ2n) is 12.5. The topological polar surface area (TPSA) is 122 Å². The minimum absolute atomic E-state index is 0.227. The van der Waals surface area contributed by atoms with E-state index in [-0.39, 0.29) is 22.4 Å². The summed E-state index contributed by atoms with van der Waals surface area (Å²) in [6.45, 7) is 2.47. The van der Waals surface area contributed by atoms with E-state index in [1.807, 2.05) is 60.0 Å². The Hall–Kier alpha value is -4.84. The fourth-order valence-electron chi connectivity index (χ4n) is 6.88. The van der Waals surface area contributed by atoms with E-state index in [1.165, 1.54) is 11.7 Å². The summed E-state index contributed by atoms with van der Waals surface area (Å²) in [5.41, 5.74) is 5.40. The van der Waals surface area contributed by atoms with Crippen LogP contribution in [-0.4, -0.2) is 75.7 Å². The molecular weight excluding hydrogens is 667 g/mol. The lowest BCUT2D eigenvalue weighted by molar-refractivity contribution is -0.140. The van der Waals surface area contributed by atoms with Crippen molar-refractivity contribution in [2.45, 2.75) is 19.4 Å². The number of aromatic nitrogens is 3. The fraction of sp³-hybridized carbons (Fsp3) is 0.278. The maximum absolute atomic E-state index is 14.0. The van der Waals surface area contributed by atoms with Crippen molar-refractivity contribution < 1.29 is 24.2 Å². The largest absolute Gasteiger partial charge is 0.495 e. The number of halogens is 2. The number of carbonyl (C=O) groups is 3. The molecule has 3 aromatic carbocycles. The number of ether oxygens (including phenoxy) is 1. The highest BCUT2D eigenvalue weighted by Crippen LogP contribution is 2.40. The molecule has 5 aromatic rings. The second kappa shape index (κ2) is 12.9. The number of aliphatic carboxylic acids is 1. The number of nitrogens with zero attached hydrogens (tertiary/aromatic N) is 5. The molecule has 2 aliphatic heterocycles. The number of hydrogen-bond acceptors (Lipinski definition) is 7. The number of rotatable bonds is 7. The van der Waals surface area contributed by atoms with Crippen LogP contribution < -0.4 is 15.0 Å². The summed E-state index contributed by atoms with van der Waals surface area (Å²) in [4.78, 5) is 47.6. The number of nitrogens with one attached hydrogen (secondary N) is 1. The summed E-state index contributed by atoms with van der Waals surface area (Å²) in [5.74, 6) is -1.27. The number of imidazole rings is 1. The first-order valence-electron chi connectivity index (χ1n) is 15.9. The number of amides is 1. The van der Waals surface area contributed by atoms with E-state index < -0.39 is 11.9 Å². The highest BCUT2D eigenvalue weighted by molar-refractivity contribution is 6.37. The number of fused-ring (bicyclic) bond motifs is 2. The van der Waals surface area contributed by atoms with Crippen molar-refractivity contribution in [3.8, 4) is 16.9 Å². The smallest absolute Gasteiger partial charge is 0.308 e. The minimum Gasteiger partial charge on any atom is -0.495 e. The lowest BCUT2D eigenvalue weighted by Gasteiger charge is -2.22. The first-order valence-corrected chi connectivity index (χ1v) is 16.6. The zero-order valence-electron chi connectivity index (χ0n) is 27.2. The summed E-state index contributed by atoms with van der Waals surface area (Å²) >= 11 is 13.7. The lowest BCUT2D eigenvalue weighted by atomic mass is 10.0. The van der Waals surface area contributed by atoms with Crippen LogP contribution in [0.25, 0.3) is 22.0 Å². The Labute approximate surface area is 292 Å². The van der Waals surface area contributed by atoms with Crippen molar-refractivity contribution in [3.05, 3.63) is 93.6 Å². The van der Waals surface area contributed by atoms with Crippen LogP contribution in [0, 0.1) is 5.92 Å². The van der Waals surface area contributed by atoms with Crippen LogP contribution in [0.15, 0.2) is 60.8 Å². The van der Waals surface area contributed by atoms with Gasteiger partial charge in [0.05, 0.1) is 51.2 Å². The number of hydrogen-bond donors (Lipinski definition) is 2. The molecule has 1 amide bonds. The van der Waals surface area contributed by atoms with Crippen molar-refractivity contribution in [1.29, 1.82) is 0 Å². The number of likely N-dealkylation sites (N-methyl/N-ethyl adjacent to an activating group) is 1. The van der Waals surface area contributed by atoms with Gasteiger partial charge in [-0.2, -0.15) is 0 Å². The Bertz CT molecular complexity index is 2160. The molecule has 1 saturated heterocycles. The van der Waals surface area contributed by atoms with Crippen molar-refractivity contribution in [2.75, 3.05) is 44.0 Å². The number of carboxylic acid groups (broad SMARTS) is 1. The molecule has 0 radical (unpaired) electrons. The standard InChI is InChI=1S/C36H34Cl2N6O5/c1-41-13-12-29-27(19-41)39-33(42(29)2)34(45)40-26-8-4-7-23(32(26)38)21-6-5-9-28-22(21)11-15-44(28)35(46)24-16-31(49-3)30(17-25(24)37)43-14-10-20(18-43)36(47)48/h4-9,11,15-17,20H,10,12-14,18-19H2,1-3H3,(H,40,45)(H,47,48). The van der Waals surface area contributed by atoms with E-state index in [0.29, 0.717) is 65.1 Å². The first-order chi connectivity index (χ1) is 23.5. The van der Waals surface area contributed by atoms with Gasteiger partial charge in [0.1, 0.15) is 5.75 Å². The third-order valence-corrected chi connectivity index (χ3v) is 10.2. The van der Waals surface area contributed by atoms with Crippen LogP contribution in [0.1, 0.15) is 38.8 Å². The lowest BCUT2D eigenvalue weighted by Crippen LogP contribution is -2.27. The molecule has 1 fully saturated rings. The molecule has 0 bridgehead atoms. The molecule has 0 spiro atoms. The van der Waals surface area contributed by atoms with Crippen molar-refractivity contribution in [3.63, 3.8) is 0 Å². The van der Waals surface area contributed by atoms with Gasteiger partial charge in [0, 0.05) is 62.5 Å². The fourth-order valence-corrected chi connectivity index (χ4v) is 7.40. The van der Waals surface area contributed by atoms with Gasteiger partial charge in [-0.05, 0) is 49.4 Å². The van der Waals surface area contributed by atoms with Gasteiger partial charge < -0.3 is 29.5 Å². The molecule has 2 N–H and O–H groups in total. The van der Waals surface area contributed by atoms with E-state index >= 15 is 0 Å². The molecule has 0 saturated carbocycles. The van der Waals surface area contributed by atoms with Gasteiger partial charge in [0.25, 0.3) is 11.8 Å². The number of methoxy groups -OCH3 is 1. The summed E-state index contributed by atoms with van der Waals surface area (Å²) in [7, 11) is 5.40. The molecule has 49 heavy (non-hydrogen) atoms. The summed E-state index contributed by atoms with van der Waals surface area (Å²) in [5, 5.41) is 13.8. The number of benzene rings is 3. The predicted molar refractivity (Wildman–Crippen MR) is 189 cm³/mol. The third-order valence-electron chi connectivity index (χ3n) is 9.52. The van der Waals surface area contributed by atoms with E-state index in [0.717, 1.165) is 35.3 Å². The van der Waals surface area contributed by atoms with E-state index in [2.05, 4.69) is 15.2 Å². The molecule has 4 heterocycles. The molecule has 11 nitrogen and oxygen atoms in total. The first kappa shape index (κ1) is 32.7. The molecule has 2 aromatic heterocycles. The Morgan fingerprint density at radius 2 is 1.80 bits per heavy atom. The minimum atomic E-state index is -0.841. The average Bonchev–Trinajstić information content (AvgIpc) is 3.83. The highest BCUT2D eigenvalue weighted by Gasteiger charge is 2.31. The predicted octanol–water partition coefficient (Wildman–Crippen LogP) is 6.20. The summed E-state index contributed by atoms with van der Waals surface area (Å²) < 4.78 is 9.01. The van der Waals surface area contributed by atoms with Crippen LogP contribution in [-0.2, 0) is 24.8 Å².